The first-order chi connectivity index (χ1) is 5.79. The van der Waals surface area contributed by atoms with Gasteiger partial charge in [-0.25, -0.2) is 0 Å². The highest BCUT2D eigenvalue weighted by Gasteiger charge is 2.19. The monoisotopic (exact) mass is 166 g/mol. The Hall–Kier alpha value is -1.38. The van der Waals surface area contributed by atoms with Crippen LogP contribution in [-0.2, 0) is 14.3 Å². The molecule has 0 saturated carbocycles. The molecule has 0 bridgehead atoms. The second-order valence-corrected chi connectivity index (χ2v) is 2.44. The number of carbonyl (C=O) groups is 2. The Labute approximate surface area is 70.7 Å². The molecule has 12 heavy (non-hydrogen) atoms. The minimum absolute atomic E-state index is 0.263. The Morgan fingerprint density at radius 2 is 1.50 bits per heavy atom. The molecule has 3 heteroatoms. The predicted molar refractivity (Wildman–Crippen MR) is 43.2 cm³/mol. The molecule has 0 radical (unpaired) electrons. The lowest BCUT2D eigenvalue weighted by Gasteiger charge is -1.79. The number of allylic oxidation sites excluding steroid dienone is 4. The highest BCUT2D eigenvalue weighted by molar-refractivity contribution is 5.92. The third-order valence-electron chi connectivity index (χ3n) is 1.42. The molecule has 2 rings (SSSR count). The first kappa shape index (κ1) is 8.71. The third-order valence-corrected chi connectivity index (χ3v) is 1.42. The topological polar surface area (TPSA) is 43.4 Å². The molecule has 3 nitrogen and oxygen atoms in total. The highest BCUT2D eigenvalue weighted by Crippen LogP contribution is 2.03. The molecule has 0 atom stereocenters. The van der Waals surface area contributed by atoms with Crippen LogP contribution in [0.5, 0.6) is 0 Å². The minimum atomic E-state index is -0.398. The first-order valence-corrected chi connectivity index (χ1v) is 3.84. The Kier molecular flexibility index (Phi) is 3.26. The van der Waals surface area contributed by atoms with E-state index in [1.54, 1.807) is 0 Å². The van der Waals surface area contributed by atoms with E-state index in [4.69, 9.17) is 0 Å². The van der Waals surface area contributed by atoms with Crippen LogP contribution in [0, 0.1) is 0 Å². The van der Waals surface area contributed by atoms with Gasteiger partial charge in [-0.05, 0) is 6.42 Å². The summed E-state index contributed by atoms with van der Waals surface area (Å²) < 4.78 is 4.08. The summed E-state index contributed by atoms with van der Waals surface area (Å²) in [5.74, 6) is -0.796. The SMILES string of the molecule is C1=CCC=C1.O=C1CCC(=O)O1. The molecule has 0 aromatic rings. The van der Waals surface area contributed by atoms with E-state index in [9.17, 15) is 9.59 Å². The zero-order valence-electron chi connectivity index (χ0n) is 6.66. The third kappa shape index (κ3) is 3.14. The molecule has 64 valence electrons. The molecule has 0 spiro atoms. The Bertz CT molecular complexity index is 214. The smallest absolute Gasteiger partial charge is 0.314 e. The van der Waals surface area contributed by atoms with E-state index in [1.807, 2.05) is 0 Å². The van der Waals surface area contributed by atoms with Gasteiger partial charge < -0.3 is 4.74 Å². The van der Waals surface area contributed by atoms with Crippen molar-refractivity contribution in [2.24, 2.45) is 0 Å². The number of hydrogen-bond donors (Lipinski definition) is 0. The standard InChI is InChI=1S/C5H6.C4H4O3/c1-2-4-5-3-1;5-3-1-2-4(6)7-3/h1-4H,5H2;1-2H2. The summed E-state index contributed by atoms with van der Waals surface area (Å²) in [6.45, 7) is 0. The van der Waals surface area contributed by atoms with E-state index in [0.717, 1.165) is 6.42 Å². The summed E-state index contributed by atoms with van der Waals surface area (Å²) in [7, 11) is 0. The summed E-state index contributed by atoms with van der Waals surface area (Å²) in [6, 6.07) is 0. The Morgan fingerprint density at radius 3 is 1.67 bits per heavy atom. The molecule has 1 aliphatic carbocycles. The Balaban J connectivity index is 0.000000127. The summed E-state index contributed by atoms with van der Waals surface area (Å²) in [5, 5.41) is 0. The molecule has 0 aromatic heterocycles. The zero-order chi connectivity index (χ0) is 8.81. The fourth-order valence-electron chi connectivity index (χ4n) is 0.826. The molecule has 0 aromatic carbocycles. The van der Waals surface area contributed by atoms with Gasteiger partial charge in [-0.1, -0.05) is 24.3 Å². The van der Waals surface area contributed by atoms with E-state index < -0.39 is 11.9 Å². The van der Waals surface area contributed by atoms with Gasteiger partial charge in [-0.2, -0.15) is 0 Å². The summed E-state index contributed by atoms with van der Waals surface area (Å²) in [5.41, 5.74) is 0. The summed E-state index contributed by atoms with van der Waals surface area (Å²) in [6.07, 6.45) is 10.0. The van der Waals surface area contributed by atoms with Crippen LogP contribution in [0.1, 0.15) is 19.3 Å². The van der Waals surface area contributed by atoms with Crippen LogP contribution >= 0.6 is 0 Å². The van der Waals surface area contributed by atoms with Gasteiger partial charge in [0, 0.05) is 0 Å². The van der Waals surface area contributed by atoms with Crippen molar-refractivity contribution >= 4 is 11.9 Å². The van der Waals surface area contributed by atoms with Gasteiger partial charge in [-0.3, -0.25) is 9.59 Å². The van der Waals surface area contributed by atoms with Crippen molar-refractivity contribution < 1.29 is 14.3 Å². The maximum Gasteiger partial charge on any atom is 0.314 e. The number of ether oxygens (including phenoxy) is 1. The van der Waals surface area contributed by atoms with E-state index in [1.165, 1.54) is 0 Å². The average molecular weight is 166 g/mol. The van der Waals surface area contributed by atoms with Gasteiger partial charge in [0.1, 0.15) is 0 Å². The first-order valence-electron chi connectivity index (χ1n) is 3.84. The van der Waals surface area contributed by atoms with E-state index >= 15 is 0 Å². The van der Waals surface area contributed by atoms with E-state index in [-0.39, 0.29) is 12.8 Å². The Morgan fingerprint density at radius 1 is 1.00 bits per heavy atom. The lowest BCUT2D eigenvalue weighted by molar-refractivity contribution is -0.151. The maximum absolute atomic E-state index is 10.0. The highest BCUT2D eigenvalue weighted by atomic mass is 16.6. The molecule has 1 aliphatic heterocycles. The van der Waals surface area contributed by atoms with Crippen LogP contribution in [0.2, 0.25) is 0 Å². The number of cyclic esters (lactones) is 2. The van der Waals surface area contributed by atoms with Crippen molar-refractivity contribution in [1.29, 1.82) is 0 Å². The lowest BCUT2D eigenvalue weighted by atomic mass is 10.4. The van der Waals surface area contributed by atoms with Gasteiger partial charge in [0.2, 0.25) is 0 Å². The van der Waals surface area contributed by atoms with E-state index in [2.05, 4.69) is 29.0 Å². The molecular weight excluding hydrogens is 156 g/mol. The van der Waals surface area contributed by atoms with Crippen LogP contribution in [0.25, 0.3) is 0 Å². The van der Waals surface area contributed by atoms with Crippen molar-refractivity contribution in [2.75, 3.05) is 0 Å². The predicted octanol–water partition coefficient (Wildman–Crippen LogP) is 1.35. The molecule has 1 fully saturated rings. The van der Waals surface area contributed by atoms with Crippen LogP contribution < -0.4 is 0 Å². The molecule has 1 heterocycles. The largest absolute Gasteiger partial charge is 0.393 e. The van der Waals surface area contributed by atoms with Crippen LogP contribution in [0.4, 0.5) is 0 Å². The van der Waals surface area contributed by atoms with E-state index in [0.29, 0.717) is 0 Å². The zero-order valence-corrected chi connectivity index (χ0v) is 6.66. The average Bonchev–Trinajstić information content (AvgIpc) is 2.63. The van der Waals surface area contributed by atoms with Crippen LogP contribution in [0.3, 0.4) is 0 Å². The van der Waals surface area contributed by atoms with Crippen molar-refractivity contribution in [3.05, 3.63) is 24.3 Å². The number of carbonyl (C=O) groups excluding carboxylic acids is 2. The second kappa shape index (κ2) is 4.49. The number of esters is 2. The summed E-state index contributed by atoms with van der Waals surface area (Å²) >= 11 is 0. The molecule has 1 saturated heterocycles. The van der Waals surface area contributed by atoms with Gasteiger partial charge in [0.05, 0.1) is 12.8 Å². The molecule has 0 unspecified atom stereocenters. The molecular formula is C9H10O3. The minimum Gasteiger partial charge on any atom is -0.393 e. The van der Waals surface area contributed by atoms with Crippen molar-refractivity contribution in [3.63, 3.8) is 0 Å². The van der Waals surface area contributed by atoms with Crippen LogP contribution in [-0.4, -0.2) is 11.9 Å². The van der Waals surface area contributed by atoms with Gasteiger partial charge in [0.25, 0.3) is 0 Å². The van der Waals surface area contributed by atoms with Gasteiger partial charge in [0.15, 0.2) is 0 Å². The van der Waals surface area contributed by atoms with Crippen molar-refractivity contribution in [3.8, 4) is 0 Å². The van der Waals surface area contributed by atoms with Crippen molar-refractivity contribution in [1.82, 2.24) is 0 Å². The summed E-state index contributed by atoms with van der Waals surface area (Å²) in [4.78, 5) is 20.0. The van der Waals surface area contributed by atoms with Gasteiger partial charge >= 0.3 is 11.9 Å². The molecule has 0 amide bonds. The van der Waals surface area contributed by atoms with Crippen molar-refractivity contribution in [2.45, 2.75) is 19.3 Å². The van der Waals surface area contributed by atoms with Crippen LogP contribution in [0.15, 0.2) is 24.3 Å². The fourth-order valence-corrected chi connectivity index (χ4v) is 0.826. The van der Waals surface area contributed by atoms with Gasteiger partial charge in [-0.15, -0.1) is 0 Å². The fraction of sp³-hybridized carbons (Fsp3) is 0.333. The lowest BCUT2D eigenvalue weighted by Crippen LogP contribution is -1.94. The molecule has 0 N–H and O–H groups in total. The normalized spacial score (nSPS) is 19.0. The number of rotatable bonds is 0. The quantitative estimate of drug-likeness (QED) is 0.403. The number of hydrogen-bond acceptors (Lipinski definition) is 3. The second-order valence-electron chi connectivity index (χ2n) is 2.44. The molecule has 2 aliphatic rings. The maximum atomic E-state index is 10.0.